The Labute approximate surface area is 199 Å². The molecule has 0 saturated heterocycles. The van der Waals surface area contributed by atoms with Crippen LogP contribution in [0.2, 0.25) is 0 Å². The number of hydrogen-bond acceptors (Lipinski definition) is 6. The first-order valence-electron chi connectivity index (χ1n) is 10.4. The largest absolute Gasteiger partial charge is 0.420 e. The van der Waals surface area contributed by atoms with Gasteiger partial charge in [0, 0.05) is 17.7 Å². The molecule has 180 valence electrons. The van der Waals surface area contributed by atoms with Gasteiger partial charge in [0.15, 0.2) is 5.58 Å². The fraction of sp³-hybridized carbons (Fsp3) is 0.167. The van der Waals surface area contributed by atoms with Crippen molar-refractivity contribution in [3.05, 3.63) is 87.5 Å². The van der Waals surface area contributed by atoms with Gasteiger partial charge in [0.1, 0.15) is 16.5 Å². The van der Waals surface area contributed by atoms with Crippen molar-refractivity contribution in [3.63, 3.8) is 0 Å². The Kier molecular flexibility index (Phi) is 6.43. The van der Waals surface area contributed by atoms with Gasteiger partial charge in [-0.15, -0.1) is 0 Å². The molecule has 0 radical (unpaired) electrons. The van der Waals surface area contributed by atoms with E-state index >= 15 is 4.39 Å². The van der Waals surface area contributed by atoms with Gasteiger partial charge in [-0.25, -0.2) is 22.6 Å². The molecule has 35 heavy (non-hydrogen) atoms. The highest BCUT2D eigenvalue weighted by Gasteiger charge is 2.25. The average molecular weight is 499 g/mol. The summed E-state index contributed by atoms with van der Waals surface area (Å²) >= 11 is 0. The summed E-state index contributed by atoms with van der Waals surface area (Å²) < 4.78 is 62.3. The molecule has 0 spiro atoms. The number of hydrogen-bond donors (Lipinski definition) is 2. The van der Waals surface area contributed by atoms with Gasteiger partial charge in [0.05, 0.1) is 18.1 Å². The number of rotatable bonds is 5. The van der Waals surface area contributed by atoms with E-state index in [2.05, 4.69) is 16.8 Å². The highest BCUT2D eigenvalue weighted by atomic mass is 32.2. The van der Waals surface area contributed by atoms with Crippen molar-refractivity contribution >= 4 is 26.9 Å². The van der Waals surface area contributed by atoms with Crippen molar-refractivity contribution in [1.29, 1.82) is 0 Å². The molecule has 11 heteroatoms. The molecule has 0 amide bonds. The van der Waals surface area contributed by atoms with E-state index in [1.54, 1.807) is 13.0 Å². The SMILES string of the molecule is Cc1c(C#CCN)cccc1[C@@H](C)n1c(=O)oc2cc(S(=O)(=O)Nc3cccc(F)n3)c(F)cc21. The van der Waals surface area contributed by atoms with Crippen molar-refractivity contribution in [3.8, 4) is 11.8 Å². The van der Waals surface area contributed by atoms with Crippen molar-refractivity contribution in [1.82, 2.24) is 9.55 Å². The molecule has 4 rings (SSSR count). The number of halogens is 2. The van der Waals surface area contributed by atoms with Gasteiger partial charge < -0.3 is 10.2 Å². The maximum atomic E-state index is 15.0. The molecule has 0 saturated carbocycles. The van der Waals surface area contributed by atoms with Gasteiger partial charge >= 0.3 is 5.76 Å². The monoisotopic (exact) mass is 498 g/mol. The third kappa shape index (κ3) is 4.66. The molecule has 4 aromatic rings. The second-order valence-corrected chi connectivity index (χ2v) is 9.29. The third-order valence-corrected chi connectivity index (χ3v) is 6.82. The van der Waals surface area contributed by atoms with Gasteiger partial charge in [-0.1, -0.05) is 30.0 Å². The minimum Gasteiger partial charge on any atom is -0.408 e. The number of nitrogens with zero attached hydrogens (tertiary/aromatic N) is 2. The highest BCUT2D eigenvalue weighted by molar-refractivity contribution is 7.92. The summed E-state index contributed by atoms with van der Waals surface area (Å²) in [6, 6.07) is 10.1. The van der Waals surface area contributed by atoms with E-state index in [0.717, 1.165) is 34.9 Å². The lowest BCUT2D eigenvalue weighted by Crippen LogP contribution is -2.20. The topological polar surface area (TPSA) is 120 Å². The van der Waals surface area contributed by atoms with Crippen LogP contribution < -0.4 is 16.2 Å². The van der Waals surface area contributed by atoms with E-state index < -0.39 is 38.5 Å². The Morgan fingerprint density at radius 2 is 1.94 bits per heavy atom. The third-order valence-electron chi connectivity index (χ3n) is 5.45. The summed E-state index contributed by atoms with van der Waals surface area (Å²) in [6.45, 7) is 3.77. The molecular weight excluding hydrogens is 478 g/mol. The molecule has 0 fully saturated rings. The summed E-state index contributed by atoms with van der Waals surface area (Å²) in [5.74, 6) is 2.61. The predicted molar refractivity (Wildman–Crippen MR) is 126 cm³/mol. The zero-order valence-electron chi connectivity index (χ0n) is 18.7. The number of pyridine rings is 1. The lowest BCUT2D eigenvalue weighted by molar-refractivity contribution is 0.488. The lowest BCUT2D eigenvalue weighted by atomic mass is 9.97. The molecule has 0 aliphatic heterocycles. The van der Waals surface area contributed by atoms with Crippen molar-refractivity contribution in [2.24, 2.45) is 5.73 Å². The van der Waals surface area contributed by atoms with Crippen molar-refractivity contribution in [2.45, 2.75) is 24.8 Å². The van der Waals surface area contributed by atoms with Crippen LogP contribution in [0.15, 0.2) is 62.6 Å². The van der Waals surface area contributed by atoms with E-state index in [1.807, 2.05) is 23.8 Å². The van der Waals surface area contributed by atoms with E-state index in [9.17, 15) is 17.6 Å². The summed E-state index contributed by atoms with van der Waals surface area (Å²) in [7, 11) is -4.50. The molecule has 2 heterocycles. The van der Waals surface area contributed by atoms with E-state index in [0.29, 0.717) is 0 Å². The van der Waals surface area contributed by atoms with Gasteiger partial charge in [-0.2, -0.15) is 4.39 Å². The van der Waals surface area contributed by atoms with Crippen molar-refractivity contribution < 1.29 is 21.6 Å². The minimum atomic E-state index is -4.50. The minimum absolute atomic E-state index is 0.0701. The Hall–Kier alpha value is -4.01. The summed E-state index contributed by atoms with van der Waals surface area (Å²) in [6.07, 6.45) is 0. The zero-order chi connectivity index (χ0) is 25.3. The predicted octanol–water partition coefficient (Wildman–Crippen LogP) is 3.30. The van der Waals surface area contributed by atoms with Crippen LogP contribution in [0.3, 0.4) is 0 Å². The molecule has 0 aliphatic carbocycles. The standard InChI is InChI=1S/C24H20F2N4O4S/c1-14-16(7-5-11-27)6-3-8-17(14)15(2)30-19-12-18(25)21(13-20(19)34-24(30)31)35(32,33)29-23-10-4-9-22(26)28-23/h3-4,6,8-10,12-13,15H,11,27H2,1-2H3,(H,28,29)/t15-/m1/s1. The number of aromatic nitrogens is 2. The smallest absolute Gasteiger partial charge is 0.408 e. The summed E-state index contributed by atoms with van der Waals surface area (Å²) in [5, 5.41) is 0. The Morgan fingerprint density at radius 3 is 2.66 bits per heavy atom. The quantitative estimate of drug-likeness (QED) is 0.322. The van der Waals surface area contributed by atoms with Crippen LogP contribution in [0.5, 0.6) is 0 Å². The maximum absolute atomic E-state index is 15.0. The first kappa shape index (κ1) is 24.1. The van der Waals surface area contributed by atoms with Crippen molar-refractivity contribution in [2.75, 3.05) is 11.3 Å². The number of anilines is 1. The molecule has 2 aromatic carbocycles. The van der Waals surface area contributed by atoms with Crippen LogP contribution in [0.1, 0.15) is 29.7 Å². The summed E-state index contributed by atoms with van der Waals surface area (Å²) in [4.78, 5) is 15.4. The maximum Gasteiger partial charge on any atom is 0.420 e. The Balaban J connectivity index is 1.79. The molecule has 3 N–H and O–H groups in total. The second kappa shape index (κ2) is 9.32. The first-order chi connectivity index (χ1) is 16.6. The molecule has 0 bridgehead atoms. The fourth-order valence-corrected chi connectivity index (χ4v) is 4.87. The number of nitrogens with one attached hydrogen (secondary N) is 1. The molecule has 2 aromatic heterocycles. The number of nitrogens with two attached hydrogens (primary N) is 1. The van der Waals surface area contributed by atoms with Crippen LogP contribution in [0, 0.1) is 30.5 Å². The number of fused-ring (bicyclic) bond motifs is 1. The van der Waals surface area contributed by atoms with Crippen LogP contribution in [0.4, 0.5) is 14.6 Å². The van der Waals surface area contributed by atoms with Crippen LogP contribution in [-0.2, 0) is 10.0 Å². The molecule has 0 aliphatic rings. The number of sulfonamides is 1. The number of oxazole rings is 1. The zero-order valence-corrected chi connectivity index (χ0v) is 19.5. The van der Waals surface area contributed by atoms with E-state index in [-0.39, 0.29) is 23.5 Å². The fourth-order valence-electron chi connectivity index (χ4n) is 3.79. The highest BCUT2D eigenvalue weighted by Crippen LogP contribution is 2.29. The van der Waals surface area contributed by atoms with Crippen LogP contribution in [0.25, 0.3) is 11.1 Å². The van der Waals surface area contributed by atoms with E-state index in [1.165, 1.54) is 16.7 Å². The number of benzene rings is 2. The molecule has 8 nitrogen and oxygen atoms in total. The van der Waals surface area contributed by atoms with Gasteiger partial charge in [-0.3, -0.25) is 9.29 Å². The average Bonchev–Trinajstić information content (AvgIpc) is 3.11. The van der Waals surface area contributed by atoms with E-state index in [4.69, 9.17) is 10.2 Å². The normalized spacial score (nSPS) is 12.3. The lowest BCUT2D eigenvalue weighted by Gasteiger charge is -2.17. The van der Waals surface area contributed by atoms with Gasteiger partial charge in [0.25, 0.3) is 10.0 Å². The first-order valence-corrected chi connectivity index (χ1v) is 11.9. The van der Waals surface area contributed by atoms with Gasteiger partial charge in [-0.05, 0) is 43.2 Å². The van der Waals surface area contributed by atoms with Crippen LogP contribution in [-0.4, -0.2) is 24.5 Å². The Morgan fingerprint density at radius 1 is 1.20 bits per heavy atom. The van der Waals surface area contributed by atoms with Gasteiger partial charge in [0.2, 0.25) is 5.95 Å². The van der Waals surface area contributed by atoms with Crippen LogP contribution >= 0.6 is 0 Å². The summed E-state index contributed by atoms with van der Waals surface area (Å²) in [5.41, 5.74) is 7.69. The second-order valence-electron chi connectivity index (χ2n) is 7.64. The molecule has 1 atom stereocenters. The Bertz CT molecular complexity index is 1670. The molecular formula is C24H20F2N4O4S. The molecule has 0 unspecified atom stereocenters.